The first-order chi connectivity index (χ1) is 7.74. The van der Waals surface area contributed by atoms with Crippen molar-refractivity contribution in [3.63, 3.8) is 0 Å². The van der Waals surface area contributed by atoms with Crippen molar-refractivity contribution in [2.75, 3.05) is 0 Å². The molecule has 0 aliphatic carbocycles. The predicted molar refractivity (Wildman–Crippen MR) is 59.8 cm³/mol. The van der Waals surface area contributed by atoms with Gasteiger partial charge >= 0.3 is 0 Å². The number of carbonyl (C=O) groups is 1. The van der Waals surface area contributed by atoms with Crippen LogP contribution in [-0.4, -0.2) is 11.3 Å². The minimum Gasteiger partial charge on any atom is -0.298 e. The van der Waals surface area contributed by atoms with Crippen molar-refractivity contribution in [1.29, 1.82) is 0 Å². The van der Waals surface area contributed by atoms with Crippen LogP contribution in [0.3, 0.4) is 0 Å². The lowest BCUT2D eigenvalue weighted by Gasteiger charge is -2.07. The number of aldehydes is 1. The van der Waals surface area contributed by atoms with Crippen molar-refractivity contribution >= 4 is 6.29 Å². The Kier molecular flexibility index (Phi) is 2.77. The highest BCUT2D eigenvalue weighted by Crippen LogP contribution is 2.26. The number of pyridine rings is 1. The van der Waals surface area contributed by atoms with Gasteiger partial charge in [-0.05, 0) is 18.6 Å². The maximum absolute atomic E-state index is 13.9. The first kappa shape index (κ1) is 10.5. The zero-order valence-electron chi connectivity index (χ0n) is 8.77. The normalized spacial score (nSPS) is 10.1. The van der Waals surface area contributed by atoms with Gasteiger partial charge in [-0.2, -0.15) is 0 Å². The fourth-order valence-electron chi connectivity index (χ4n) is 1.59. The van der Waals surface area contributed by atoms with E-state index >= 15 is 0 Å². The second-order valence-electron chi connectivity index (χ2n) is 3.52. The Balaban J connectivity index is 2.67. The van der Waals surface area contributed by atoms with Gasteiger partial charge in [0.05, 0.1) is 0 Å². The molecule has 0 unspecified atom stereocenters. The lowest BCUT2D eigenvalue weighted by atomic mass is 10.0. The molecule has 2 nitrogen and oxygen atoms in total. The van der Waals surface area contributed by atoms with E-state index in [-0.39, 0.29) is 5.82 Å². The molecule has 1 aromatic heterocycles. The smallest absolute Gasteiger partial charge is 0.150 e. The summed E-state index contributed by atoms with van der Waals surface area (Å²) in [5.41, 5.74) is 1.94. The number of rotatable bonds is 2. The molecule has 3 heteroatoms. The van der Waals surface area contributed by atoms with Crippen molar-refractivity contribution in [3.8, 4) is 11.1 Å². The molecule has 0 aliphatic rings. The standard InChI is InChI=1S/C13H10FNO/c1-9-3-2-4-11(13(9)14)12-7-15-6-5-10(12)8-16/h2-8H,1H3. The highest BCUT2D eigenvalue weighted by Gasteiger charge is 2.10. The molecule has 16 heavy (non-hydrogen) atoms. The van der Waals surface area contributed by atoms with E-state index in [0.29, 0.717) is 28.5 Å². The SMILES string of the molecule is Cc1cccc(-c2cnccc2C=O)c1F. The van der Waals surface area contributed by atoms with Gasteiger partial charge in [-0.3, -0.25) is 9.78 Å². The number of aromatic nitrogens is 1. The summed E-state index contributed by atoms with van der Waals surface area (Å²) in [6.07, 6.45) is 3.72. The second-order valence-corrected chi connectivity index (χ2v) is 3.52. The van der Waals surface area contributed by atoms with Crippen LogP contribution in [0.1, 0.15) is 15.9 Å². The summed E-state index contributed by atoms with van der Waals surface area (Å²) < 4.78 is 13.9. The van der Waals surface area contributed by atoms with E-state index in [1.807, 2.05) is 0 Å². The number of hydrogen-bond acceptors (Lipinski definition) is 2. The van der Waals surface area contributed by atoms with Crippen LogP contribution in [0.25, 0.3) is 11.1 Å². The van der Waals surface area contributed by atoms with E-state index in [2.05, 4.69) is 4.98 Å². The molecular formula is C13H10FNO. The van der Waals surface area contributed by atoms with Gasteiger partial charge in [0, 0.05) is 29.1 Å². The Morgan fingerprint density at radius 2 is 2.06 bits per heavy atom. The quantitative estimate of drug-likeness (QED) is 0.721. The van der Waals surface area contributed by atoms with Gasteiger partial charge in [0.1, 0.15) is 5.82 Å². The molecule has 0 saturated heterocycles. The van der Waals surface area contributed by atoms with Crippen LogP contribution in [0.4, 0.5) is 4.39 Å². The molecule has 0 amide bonds. The zero-order valence-corrected chi connectivity index (χ0v) is 8.77. The summed E-state index contributed by atoms with van der Waals surface area (Å²) in [6, 6.07) is 6.67. The molecule has 0 N–H and O–H groups in total. The van der Waals surface area contributed by atoms with E-state index < -0.39 is 0 Å². The molecule has 1 aromatic carbocycles. The van der Waals surface area contributed by atoms with Crippen molar-refractivity contribution in [2.24, 2.45) is 0 Å². The largest absolute Gasteiger partial charge is 0.298 e. The lowest BCUT2D eigenvalue weighted by molar-refractivity contribution is 0.112. The lowest BCUT2D eigenvalue weighted by Crippen LogP contribution is -1.93. The maximum atomic E-state index is 13.9. The van der Waals surface area contributed by atoms with Crippen LogP contribution >= 0.6 is 0 Å². The minimum atomic E-state index is -0.307. The van der Waals surface area contributed by atoms with Crippen molar-refractivity contribution in [3.05, 3.63) is 53.6 Å². The average Bonchev–Trinajstić information content (AvgIpc) is 2.33. The Bertz CT molecular complexity index is 537. The minimum absolute atomic E-state index is 0.307. The Labute approximate surface area is 92.8 Å². The van der Waals surface area contributed by atoms with Crippen molar-refractivity contribution in [1.82, 2.24) is 4.98 Å². The summed E-state index contributed by atoms with van der Waals surface area (Å²) in [6.45, 7) is 1.69. The molecule has 0 fully saturated rings. The summed E-state index contributed by atoms with van der Waals surface area (Å²) in [5.74, 6) is -0.307. The first-order valence-corrected chi connectivity index (χ1v) is 4.88. The molecule has 0 radical (unpaired) electrons. The Morgan fingerprint density at radius 1 is 1.25 bits per heavy atom. The zero-order chi connectivity index (χ0) is 11.5. The van der Waals surface area contributed by atoms with E-state index in [1.54, 1.807) is 31.2 Å². The molecule has 0 bridgehead atoms. The van der Waals surface area contributed by atoms with Crippen LogP contribution in [0, 0.1) is 12.7 Å². The monoisotopic (exact) mass is 215 g/mol. The van der Waals surface area contributed by atoms with Crippen LogP contribution in [0.2, 0.25) is 0 Å². The molecule has 2 rings (SSSR count). The molecular weight excluding hydrogens is 205 g/mol. The third kappa shape index (κ3) is 1.72. The molecule has 2 aromatic rings. The topological polar surface area (TPSA) is 30.0 Å². The predicted octanol–water partition coefficient (Wildman–Crippen LogP) is 3.01. The number of carbonyl (C=O) groups excluding carboxylic acids is 1. The summed E-state index contributed by atoms with van der Waals surface area (Å²) in [7, 11) is 0. The van der Waals surface area contributed by atoms with Crippen LogP contribution in [0.15, 0.2) is 36.7 Å². The van der Waals surface area contributed by atoms with Gasteiger partial charge in [0.25, 0.3) is 0 Å². The average molecular weight is 215 g/mol. The fourth-order valence-corrected chi connectivity index (χ4v) is 1.59. The highest BCUT2D eigenvalue weighted by atomic mass is 19.1. The summed E-state index contributed by atoms with van der Waals surface area (Å²) in [4.78, 5) is 14.8. The number of benzene rings is 1. The van der Waals surface area contributed by atoms with E-state index in [1.165, 1.54) is 12.4 Å². The Hall–Kier alpha value is -2.03. The van der Waals surface area contributed by atoms with Gasteiger partial charge < -0.3 is 0 Å². The van der Waals surface area contributed by atoms with Crippen LogP contribution < -0.4 is 0 Å². The summed E-state index contributed by atoms with van der Waals surface area (Å²) >= 11 is 0. The highest BCUT2D eigenvalue weighted by molar-refractivity contribution is 5.87. The van der Waals surface area contributed by atoms with Crippen molar-refractivity contribution < 1.29 is 9.18 Å². The third-order valence-electron chi connectivity index (χ3n) is 2.46. The number of hydrogen-bond donors (Lipinski definition) is 0. The van der Waals surface area contributed by atoms with Crippen molar-refractivity contribution in [2.45, 2.75) is 6.92 Å². The summed E-state index contributed by atoms with van der Waals surface area (Å²) in [5, 5.41) is 0. The maximum Gasteiger partial charge on any atom is 0.150 e. The van der Waals surface area contributed by atoms with E-state index in [4.69, 9.17) is 0 Å². The number of nitrogens with zero attached hydrogens (tertiary/aromatic N) is 1. The van der Waals surface area contributed by atoms with Gasteiger partial charge in [-0.15, -0.1) is 0 Å². The second kappa shape index (κ2) is 4.23. The fraction of sp³-hybridized carbons (Fsp3) is 0.0769. The number of halogens is 1. The third-order valence-corrected chi connectivity index (χ3v) is 2.46. The number of aryl methyl sites for hydroxylation is 1. The van der Waals surface area contributed by atoms with Gasteiger partial charge in [-0.1, -0.05) is 18.2 Å². The Morgan fingerprint density at radius 3 is 2.81 bits per heavy atom. The molecule has 0 atom stereocenters. The van der Waals surface area contributed by atoms with Gasteiger partial charge in [-0.25, -0.2) is 4.39 Å². The molecule has 80 valence electrons. The van der Waals surface area contributed by atoms with Gasteiger partial charge in [0.15, 0.2) is 6.29 Å². The molecule has 0 saturated carbocycles. The molecule has 0 spiro atoms. The van der Waals surface area contributed by atoms with E-state index in [9.17, 15) is 9.18 Å². The van der Waals surface area contributed by atoms with Crippen LogP contribution in [-0.2, 0) is 0 Å². The molecule has 0 aliphatic heterocycles. The van der Waals surface area contributed by atoms with Gasteiger partial charge in [0.2, 0.25) is 0 Å². The van der Waals surface area contributed by atoms with E-state index in [0.717, 1.165) is 0 Å². The molecule has 1 heterocycles. The van der Waals surface area contributed by atoms with Crippen LogP contribution in [0.5, 0.6) is 0 Å². The first-order valence-electron chi connectivity index (χ1n) is 4.88.